The zero-order chi connectivity index (χ0) is 18.6. The first kappa shape index (κ1) is 16.7. The van der Waals surface area contributed by atoms with Crippen LogP contribution in [0, 0.1) is 6.92 Å². The number of hydrogen-bond donors (Lipinski definition) is 1. The van der Waals surface area contributed by atoms with Crippen LogP contribution in [0.1, 0.15) is 54.5 Å². The van der Waals surface area contributed by atoms with E-state index in [2.05, 4.69) is 20.1 Å². The topological polar surface area (TPSA) is 76.5 Å². The normalized spacial score (nSPS) is 16.2. The summed E-state index contributed by atoms with van der Waals surface area (Å²) in [6, 6.07) is 1.92. The lowest BCUT2D eigenvalue weighted by atomic mass is 10.1. The highest BCUT2D eigenvalue weighted by molar-refractivity contribution is 5.78. The van der Waals surface area contributed by atoms with Crippen LogP contribution >= 0.6 is 0 Å². The summed E-state index contributed by atoms with van der Waals surface area (Å²) in [4.78, 5) is 23.0. The first-order valence-electron chi connectivity index (χ1n) is 8.28. The van der Waals surface area contributed by atoms with Crippen molar-refractivity contribution in [2.24, 2.45) is 0 Å². The molecule has 1 saturated carbocycles. The van der Waals surface area contributed by atoms with Crippen molar-refractivity contribution in [1.82, 2.24) is 24.7 Å². The maximum absolute atomic E-state index is 12.7. The second-order valence-electron chi connectivity index (χ2n) is 6.60. The largest absolute Gasteiger partial charge is 0.433 e. The Hall–Kier alpha value is -2.71. The van der Waals surface area contributed by atoms with Gasteiger partial charge in [-0.05, 0) is 38.3 Å². The van der Waals surface area contributed by atoms with Crippen molar-refractivity contribution in [3.8, 4) is 0 Å². The number of aromatic nitrogens is 5. The van der Waals surface area contributed by atoms with Crippen LogP contribution in [-0.2, 0) is 6.18 Å². The fourth-order valence-electron chi connectivity index (χ4n) is 3.06. The van der Waals surface area contributed by atoms with Crippen molar-refractivity contribution >= 4 is 11.0 Å². The van der Waals surface area contributed by atoms with Gasteiger partial charge in [-0.25, -0.2) is 9.67 Å². The van der Waals surface area contributed by atoms with E-state index in [4.69, 9.17) is 0 Å². The van der Waals surface area contributed by atoms with Crippen molar-refractivity contribution in [3.63, 3.8) is 0 Å². The first-order chi connectivity index (χ1) is 12.3. The summed E-state index contributed by atoms with van der Waals surface area (Å²) in [7, 11) is 0. The van der Waals surface area contributed by atoms with Crippen molar-refractivity contribution in [1.29, 1.82) is 0 Å². The molecule has 1 N–H and O–H groups in total. The predicted molar refractivity (Wildman–Crippen MR) is 87.9 cm³/mol. The lowest BCUT2D eigenvalue weighted by molar-refractivity contribution is -0.141. The van der Waals surface area contributed by atoms with Gasteiger partial charge in [0, 0.05) is 12.1 Å². The number of alkyl halides is 3. The maximum Gasteiger partial charge on any atom is 0.433 e. The highest BCUT2D eigenvalue weighted by Gasteiger charge is 2.33. The van der Waals surface area contributed by atoms with Crippen LogP contribution in [0.4, 0.5) is 13.2 Å². The molecule has 3 heterocycles. The third-order valence-corrected chi connectivity index (χ3v) is 4.60. The van der Waals surface area contributed by atoms with Crippen LogP contribution in [0.3, 0.4) is 0 Å². The lowest BCUT2D eigenvalue weighted by Crippen LogP contribution is -2.14. The number of pyridine rings is 1. The van der Waals surface area contributed by atoms with E-state index in [0.717, 1.165) is 18.9 Å². The number of halogens is 3. The highest BCUT2D eigenvalue weighted by Crippen LogP contribution is 2.42. The molecule has 1 aliphatic carbocycles. The quantitative estimate of drug-likeness (QED) is 0.774. The molecular weight excluding hydrogens is 347 g/mol. The minimum absolute atomic E-state index is 0.238. The zero-order valence-corrected chi connectivity index (χ0v) is 14.1. The molecule has 136 valence electrons. The molecule has 0 bridgehead atoms. The van der Waals surface area contributed by atoms with Gasteiger partial charge in [0.15, 0.2) is 5.65 Å². The Kier molecular flexibility index (Phi) is 3.64. The van der Waals surface area contributed by atoms with E-state index < -0.39 is 17.9 Å². The molecule has 1 aliphatic rings. The molecule has 0 aliphatic heterocycles. The second kappa shape index (κ2) is 5.65. The molecule has 3 aromatic rings. The number of nitrogens with zero attached hydrogens (tertiary/aromatic N) is 4. The molecule has 0 radical (unpaired) electrons. The van der Waals surface area contributed by atoms with Gasteiger partial charge in [0.05, 0.1) is 11.7 Å². The lowest BCUT2D eigenvalue weighted by Gasteiger charge is -2.14. The summed E-state index contributed by atoms with van der Waals surface area (Å²) in [5.74, 6) is 0.700. The fraction of sp³-hybridized carbons (Fsp3) is 0.412. The van der Waals surface area contributed by atoms with E-state index in [0.29, 0.717) is 28.1 Å². The third kappa shape index (κ3) is 2.77. The van der Waals surface area contributed by atoms with E-state index in [1.807, 2.05) is 0 Å². The van der Waals surface area contributed by atoms with Crippen LogP contribution in [0.5, 0.6) is 0 Å². The van der Waals surface area contributed by atoms with Gasteiger partial charge in [-0.2, -0.15) is 18.3 Å². The maximum atomic E-state index is 12.7. The standard InChI is InChI=1S/C17H16F3N5O/c1-8(11-5-6-12(21-7-11)17(18,19)20)25-15-13(14(24-25)10-3-4-10)16(26)23-9(2)22-15/h5-8,10H,3-4H2,1-2H3,(H,22,23,26)/t8-/m1/s1. The number of fused-ring (bicyclic) bond motifs is 1. The summed E-state index contributed by atoms with van der Waals surface area (Å²) < 4.78 is 39.7. The van der Waals surface area contributed by atoms with Gasteiger partial charge in [0.25, 0.3) is 5.56 Å². The van der Waals surface area contributed by atoms with E-state index in [1.165, 1.54) is 12.3 Å². The Bertz CT molecular complexity index is 1030. The Morgan fingerprint density at radius 3 is 2.62 bits per heavy atom. The molecule has 4 rings (SSSR count). The van der Waals surface area contributed by atoms with E-state index in [1.54, 1.807) is 18.5 Å². The van der Waals surface area contributed by atoms with Crippen LogP contribution in [0.25, 0.3) is 11.0 Å². The molecule has 3 aromatic heterocycles. The molecule has 0 saturated heterocycles. The number of H-pyrrole nitrogens is 1. The number of aryl methyl sites for hydroxylation is 1. The van der Waals surface area contributed by atoms with Gasteiger partial charge in [-0.3, -0.25) is 9.78 Å². The van der Waals surface area contributed by atoms with Gasteiger partial charge >= 0.3 is 6.18 Å². The summed E-state index contributed by atoms with van der Waals surface area (Å²) in [5, 5.41) is 5.05. The SMILES string of the molecule is Cc1nc2c(c(C3CC3)nn2[C@H](C)c2ccc(C(F)(F)F)nc2)c(=O)[nH]1. The first-order valence-corrected chi connectivity index (χ1v) is 8.28. The molecule has 1 fully saturated rings. The molecule has 0 amide bonds. The van der Waals surface area contributed by atoms with Crippen LogP contribution < -0.4 is 5.56 Å². The van der Waals surface area contributed by atoms with Crippen molar-refractivity contribution in [2.75, 3.05) is 0 Å². The number of rotatable bonds is 3. The Morgan fingerprint density at radius 2 is 2.04 bits per heavy atom. The van der Waals surface area contributed by atoms with Crippen LogP contribution in [0.15, 0.2) is 23.1 Å². The molecule has 0 unspecified atom stereocenters. The second-order valence-corrected chi connectivity index (χ2v) is 6.60. The average molecular weight is 363 g/mol. The minimum Gasteiger partial charge on any atom is -0.310 e. The number of nitrogens with one attached hydrogen (secondary N) is 1. The molecule has 0 spiro atoms. The number of aromatic amines is 1. The van der Waals surface area contributed by atoms with Crippen molar-refractivity contribution < 1.29 is 13.2 Å². The molecule has 6 nitrogen and oxygen atoms in total. The van der Waals surface area contributed by atoms with Gasteiger partial charge in [-0.1, -0.05) is 6.07 Å². The Labute approximate surface area is 146 Å². The highest BCUT2D eigenvalue weighted by atomic mass is 19.4. The smallest absolute Gasteiger partial charge is 0.310 e. The van der Waals surface area contributed by atoms with Gasteiger partial charge in [0.2, 0.25) is 0 Å². The van der Waals surface area contributed by atoms with E-state index in [9.17, 15) is 18.0 Å². The minimum atomic E-state index is -4.48. The summed E-state index contributed by atoms with van der Waals surface area (Å²) >= 11 is 0. The average Bonchev–Trinajstić information content (AvgIpc) is 3.34. The summed E-state index contributed by atoms with van der Waals surface area (Å²) in [6.45, 7) is 3.48. The third-order valence-electron chi connectivity index (χ3n) is 4.60. The Morgan fingerprint density at radius 1 is 1.31 bits per heavy atom. The molecule has 1 atom stereocenters. The van der Waals surface area contributed by atoms with E-state index in [-0.39, 0.29) is 11.5 Å². The monoisotopic (exact) mass is 363 g/mol. The van der Waals surface area contributed by atoms with Crippen molar-refractivity contribution in [3.05, 3.63) is 51.5 Å². The molecule has 0 aromatic carbocycles. The Balaban J connectivity index is 1.82. The van der Waals surface area contributed by atoms with Crippen molar-refractivity contribution in [2.45, 2.75) is 44.8 Å². The summed E-state index contributed by atoms with van der Waals surface area (Å²) in [6.07, 6.45) is -1.35. The fourth-order valence-corrected chi connectivity index (χ4v) is 3.06. The van der Waals surface area contributed by atoms with Crippen LogP contribution in [-0.4, -0.2) is 24.7 Å². The molecular formula is C17H16F3N5O. The van der Waals surface area contributed by atoms with Gasteiger partial charge in [0.1, 0.15) is 16.9 Å². The van der Waals surface area contributed by atoms with Gasteiger partial charge < -0.3 is 4.98 Å². The zero-order valence-electron chi connectivity index (χ0n) is 14.1. The predicted octanol–water partition coefficient (Wildman–Crippen LogP) is 3.33. The molecule has 26 heavy (non-hydrogen) atoms. The van der Waals surface area contributed by atoms with Crippen LogP contribution in [0.2, 0.25) is 0 Å². The molecule has 9 heteroatoms. The number of hydrogen-bond acceptors (Lipinski definition) is 4. The van der Waals surface area contributed by atoms with Gasteiger partial charge in [-0.15, -0.1) is 0 Å². The summed E-state index contributed by atoms with van der Waals surface area (Å²) in [5.41, 5.74) is 0.534. The van der Waals surface area contributed by atoms with E-state index >= 15 is 0 Å².